The summed E-state index contributed by atoms with van der Waals surface area (Å²) in [6, 6.07) is 9.36. The molecule has 714 valence electrons. The number of nitrogens with one attached hydrogen (secondary N) is 8. The number of anilines is 1. The van der Waals surface area contributed by atoms with Crippen molar-refractivity contribution in [3.8, 4) is 11.8 Å². The molecule has 9 amide bonds. The van der Waals surface area contributed by atoms with Gasteiger partial charge in [-0.15, -0.1) is 11.8 Å². The van der Waals surface area contributed by atoms with E-state index in [1.165, 1.54) is 16.7 Å². The topological polar surface area (TPSA) is 393 Å². The molecule has 128 heavy (non-hydrogen) atoms. The summed E-state index contributed by atoms with van der Waals surface area (Å²) in [7, 11) is 6.23. The fraction of sp³-hybridized carbons (Fsp3) is 0.742. The summed E-state index contributed by atoms with van der Waals surface area (Å²) in [5.74, 6) is 10.6. The van der Waals surface area contributed by atoms with Gasteiger partial charge in [0.1, 0.15) is 36.5 Å². The van der Waals surface area contributed by atoms with Gasteiger partial charge in [-0.1, -0.05) is 97.1 Å². The zero-order valence-electron chi connectivity index (χ0n) is 78.6. The number of aryl methyl sites for hydroxylation is 3. The molecular weight excluding hydrogens is 1640 g/mol. The first-order valence-corrected chi connectivity index (χ1v) is 47.5. The molecule has 7 aliphatic carbocycles. The summed E-state index contributed by atoms with van der Waals surface area (Å²) in [5.41, 5.74) is 5.68. The lowest BCUT2D eigenvalue weighted by atomic mass is 9.49. The molecule has 9 rings (SSSR count). The van der Waals surface area contributed by atoms with E-state index in [2.05, 4.69) is 127 Å². The highest BCUT2D eigenvalue weighted by atomic mass is 16.6. The molecule has 13 atom stereocenters. The molecule has 4 fully saturated rings. The number of fused-ring (bicyclic) bond motifs is 7. The number of unbranched alkanes of at least 4 members (excludes halogenated alkanes) is 1. The Kier molecular flexibility index (Phi) is 42.3. The molecule has 2 aromatic carbocycles. The van der Waals surface area contributed by atoms with Gasteiger partial charge in [0.25, 0.3) is 0 Å². The third-order valence-electron chi connectivity index (χ3n) is 27.4. The number of benzene rings is 2. The Morgan fingerprint density at radius 2 is 1.09 bits per heavy atom. The number of hydrogen-bond donors (Lipinski definition) is 9. The first-order valence-electron chi connectivity index (χ1n) is 47.5. The Morgan fingerprint density at radius 3 is 1.66 bits per heavy atom. The number of carbonyl (C=O) groups is 9. The molecule has 0 aromatic heterocycles. The Hall–Kier alpha value is -8.03. The van der Waals surface area contributed by atoms with Crippen LogP contribution in [0.5, 0.6) is 0 Å². The number of amides is 9. The Bertz CT molecular complexity index is 4050. The Balaban J connectivity index is 0.707. The molecular formula is C97H153N12O19+. The van der Waals surface area contributed by atoms with E-state index in [4.69, 9.17) is 58.2 Å². The maximum absolute atomic E-state index is 15.0. The number of nitrogens with zero attached hydrogens (tertiary/aromatic N) is 3. The second-order valence-electron chi connectivity index (χ2n) is 38.2. The smallest absolute Gasteiger partial charge is 0.407 e. The van der Waals surface area contributed by atoms with Crippen molar-refractivity contribution in [1.82, 2.24) is 37.2 Å². The van der Waals surface area contributed by atoms with Gasteiger partial charge in [0.2, 0.25) is 47.3 Å². The summed E-state index contributed by atoms with van der Waals surface area (Å²) < 4.78 is 57.6. The van der Waals surface area contributed by atoms with Crippen LogP contribution >= 0.6 is 0 Å². The standard InChI is InChI=1S/C97H152N12O19/c1-67(2)86(90(115)103-69(4)88(113)104-72-33-30-71-32-35-82-95(6,77(71)64-72)39-22-41-97(82,8)92(117)107-91(116)96(7)40-21-38-94(5)76-63-68(3)28-29-70(76)31-34-81(94)96)106-89(114)79(105-84(111)37-48-120-52-56-124-60-62-126-58-54-122-50-45-102-93(118)128-65-75-73-23-15-12-13-16-24-74(73)75)26-19-20-42-100-85(112)66-127-80-27-18-14-17-25-78(87(80)108-98)99-44-49-121-53-57-125-61-59-123-55-51-119-47-36-83(110)101-43-46-109(9,10)11/h28-30,33,63-64,67,69,73-75,79-82,86H,14-27,31-32,34-62,65-66H2,1-11H3,(H9-,98,99,100,101,102,103,104,105,106,107,110,111,112,113,114,115,116,117,118)/p+1/t69-,73-,74+,75?,79+,80?,81+,82+,86-,94+,95+,96-,97-/m0/s1. The first kappa shape index (κ1) is 104. The molecule has 7 aliphatic rings. The van der Waals surface area contributed by atoms with E-state index in [1.807, 2.05) is 25.1 Å². The molecule has 0 saturated heterocycles. The number of hydrogen-bond acceptors (Lipinski definition) is 22. The van der Waals surface area contributed by atoms with Crippen molar-refractivity contribution in [3.63, 3.8) is 0 Å². The number of nitrogens with two attached hydrogens (primary N) is 1. The molecule has 0 bridgehead atoms. The van der Waals surface area contributed by atoms with Crippen LogP contribution in [0.2, 0.25) is 0 Å². The highest BCUT2D eigenvalue weighted by Gasteiger charge is 2.59. The SMILES string of the molecule is Cc1ccc2c(c1)[C@@]1(C)CCC[C@](C)(C(=O)NC(=O)[C@@]3(C)CCC[C@]4(C)c5cc(NC(=O)[C@H](C)NC(=O)[C@@H](NC(=O)[C@@H](CCCCNC(=O)COC6CCCCCC(=NCCOCCOCCOCCOCCC(=O)NCC[N+](C)(C)C)C6=NN)NC(=O)CCOCCOCCOCCOCCNC(=O)OCC6[C@H]7CCC#CCC[C@@H]67)C(C)C)ccc5CC[C@@H]34)[C@@H]1CC2. The van der Waals surface area contributed by atoms with E-state index in [0.29, 0.717) is 186 Å². The van der Waals surface area contributed by atoms with Gasteiger partial charge in [-0.3, -0.25) is 48.7 Å². The monoisotopic (exact) mass is 1790 g/mol. The van der Waals surface area contributed by atoms with Crippen LogP contribution in [0.1, 0.15) is 218 Å². The molecule has 10 N–H and O–H groups in total. The van der Waals surface area contributed by atoms with Crippen molar-refractivity contribution in [2.75, 3.05) is 178 Å². The van der Waals surface area contributed by atoms with Gasteiger partial charge in [0, 0.05) is 44.5 Å². The predicted octanol–water partition coefficient (Wildman–Crippen LogP) is 8.72. The number of hydrazone groups is 1. The van der Waals surface area contributed by atoms with Crippen LogP contribution in [0.3, 0.4) is 0 Å². The average Bonchev–Trinajstić information content (AvgIpc) is 0.811. The molecule has 0 spiro atoms. The Labute approximate surface area is 760 Å². The summed E-state index contributed by atoms with van der Waals surface area (Å²) >= 11 is 0. The van der Waals surface area contributed by atoms with Crippen molar-refractivity contribution in [3.05, 3.63) is 64.2 Å². The number of ether oxygens (including phenoxy) is 10. The summed E-state index contributed by atoms with van der Waals surface area (Å²) in [4.78, 5) is 129. The molecule has 2 unspecified atom stereocenters. The van der Waals surface area contributed by atoms with Crippen LogP contribution in [-0.2, 0) is 109 Å². The van der Waals surface area contributed by atoms with Crippen molar-refractivity contribution < 1.29 is 95.0 Å². The van der Waals surface area contributed by atoms with E-state index in [1.54, 1.807) is 20.8 Å². The van der Waals surface area contributed by atoms with Crippen LogP contribution in [0.25, 0.3) is 0 Å². The van der Waals surface area contributed by atoms with Gasteiger partial charge >= 0.3 is 6.09 Å². The number of likely N-dealkylation sites (N-methyl/N-ethyl adjacent to an activating group) is 1. The average molecular weight is 1790 g/mol. The first-order chi connectivity index (χ1) is 61.5. The van der Waals surface area contributed by atoms with Crippen LogP contribution in [0.15, 0.2) is 46.5 Å². The van der Waals surface area contributed by atoms with Crippen LogP contribution < -0.4 is 48.4 Å². The second kappa shape index (κ2) is 52.3. The highest BCUT2D eigenvalue weighted by Crippen LogP contribution is 2.60. The van der Waals surface area contributed by atoms with Crippen molar-refractivity contribution in [2.45, 2.75) is 245 Å². The normalized spacial score (nSPS) is 24.9. The van der Waals surface area contributed by atoms with Crippen molar-refractivity contribution in [1.29, 1.82) is 0 Å². The number of alkyl carbamates (subject to hydrolysis) is 1. The molecule has 31 heteroatoms. The fourth-order valence-electron chi connectivity index (χ4n) is 20.1. The van der Waals surface area contributed by atoms with Crippen LogP contribution in [0, 0.1) is 65.1 Å². The third-order valence-corrected chi connectivity index (χ3v) is 27.4. The fourth-order valence-corrected chi connectivity index (χ4v) is 20.1. The van der Waals surface area contributed by atoms with Gasteiger partial charge in [0.15, 0.2) is 0 Å². The summed E-state index contributed by atoms with van der Waals surface area (Å²) in [6.45, 7) is 23.5. The van der Waals surface area contributed by atoms with Crippen molar-refractivity contribution in [2.24, 2.45) is 62.3 Å². The largest absolute Gasteiger partial charge is 0.449 e. The van der Waals surface area contributed by atoms with Gasteiger partial charge in [-0.25, -0.2) is 4.79 Å². The molecule has 0 radical (unpaired) electrons. The molecule has 2 aromatic rings. The highest BCUT2D eigenvalue weighted by molar-refractivity contribution is 6.44. The van der Waals surface area contributed by atoms with E-state index in [0.717, 1.165) is 125 Å². The molecule has 0 heterocycles. The van der Waals surface area contributed by atoms with Gasteiger partial charge in [0.05, 0.1) is 170 Å². The predicted molar refractivity (Wildman–Crippen MR) is 489 cm³/mol. The van der Waals surface area contributed by atoms with Crippen molar-refractivity contribution >= 4 is 70.5 Å². The van der Waals surface area contributed by atoms with Gasteiger partial charge < -0.3 is 94.9 Å². The quantitative estimate of drug-likeness (QED) is 0.00746. The lowest BCUT2D eigenvalue weighted by Crippen LogP contribution is -2.60. The number of quaternary nitrogens is 1. The lowest BCUT2D eigenvalue weighted by Gasteiger charge is -2.56. The molecule has 0 aliphatic heterocycles. The number of rotatable bonds is 53. The van der Waals surface area contributed by atoms with E-state index < -0.39 is 76.1 Å². The zero-order chi connectivity index (χ0) is 92.1. The third kappa shape index (κ3) is 31.6. The Morgan fingerprint density at radius 1 is 0.539 bits per heavy atom. The molecule has 31 nitrogen and oxygen atoms in total. The second-order valence-corrected chi connectivity index (χ2v) is 38.2. The lowest BCUT2D eigenvalue weighted by molar-refractivity contribution is -0.869. The number of aliphatic imine (C=N–C) groups is 1. The van der Waals surface area contributed by atoms with E-state index in [9.17, 15) is 38.4 Å². The van der Waals surface area contributed by atoms with Crippen LogP contribution in [-0.4, -0.2) is 266 Å². The maximum Gasteiger partial charge on any atom is 0.407 e. The minimum absolute atomic E-state index is 0.0232. The van der Waals surface area contributed by atoms with E-state index in [-0.39, 0.29) is 86.7 Å². The summed E-state index contributed by atoms with van der Waals surface area (Å²) in [6.07, 6.45) is 16.2. The zero-order valence-corrected chi connectivity index (χ0v) is 78.6. The maximum atomic E-state index is 15.0. The molecule has 4 saturated carbocycles. The van der Waals surface area contributed by atoms with Crippen LogP contribution in [0.4, 0.5) is 10.5 Å². The minimum Gasteiger partial charge on any atom is -0.449 e. The van der Waals surface area contributed by atoms with Gasteiger partial charge in [-0.2, -0.15) is 5.10 Å². The number of carbonyl (C=O) groups excluding carboxylic acids is 9. The summed E-state index contributed by atoms with van der Waals surface area (Å²) in [5, 5.41) is 27.4. The van der Waals surface area contributed by atoms with Gasteiger partial charge in [-0.05, 0) is 197 Å². The number of imide groups is 1. The minimum atomic E-state index is -1.13. The van der Waals surface area contributed by atoms with E-state index >= 15 is 4.79 Å².